The second-order valence-corrected chi connectivity index (χ2v) is 7.05. The zero-order chi connectivity index (χ0) is 21.1. The van der Waals surface area contributed by atoms with E-state index in [-0.39, 0.29) is 13.0 Å². The fourth-order valence-electron chi connectivity index (χ4n) is 3.39. The summed E-state index contributed by atoms with van der Waals surface area (Å²) in [6.45, 7) is 0.266. The molecule has 2 N–H and O–H groups in total. The third-order valence-corrected chi connectivity index (χ3v) is 4.98. The molecule has 8 nitrogen and oxygen atoms in total. The highest BCUT2D eigenvalue weighted by Gasteiger charge is 2.49. The minimum atomic E-state index is -1.64. The normalized spacial score (nSPS) is 19.5. The first-order chi connectivity index (χ1) is 14.5. The van der Waals surface area contributed by atoms with Crippen molar-refractivity contribution in [2.75, 3.05) is 19.0 Å². The maximum atomic E-state index is 13.0. The molecule has 154 valence electrons. The molecule has 30 heavy (non-hydrogen) atoms. The van der Waals surface area contributed by atoms with Gasteiger partial charge in [-0.2, -0.15) is 0 Å². The van der Waals surface area contributed by atoms with Crippen molar-refractivity contribution in [1.29, 1.82) is 0 Å². The molecule has 0 fully saturated rings. The number of carboxylic acid groups (broad SMARTS) is 1. The molecule has 2 aromatic rings. The number of fused-ring (bicyclic) bond motifs is 1. The number of methoxy groups -OCH3 is 1. The molecule has 0 saturated heterocycles. The van der Waals surface area contributed by atoms with Gasteiger partial charge in [-0.25, -0.2) is 0 Å². The Labute approximate surface area is 172 Å². The van der Waals surface area contributed by atoms with Crippen molar-refractivity contribution in [1.82, 2.24) is 0 Å². The number of nitrogens with zero attached hydrogens (tertiary/aromatic N) is 1. The molecule has 8 heteroatoms. The molecular formula is C22H20N2O6. The molecule has 1 amide bonds. The Hall–Kier alpha value is -3.81. The van der Waals surface area contributed by atoms with Crippen LogP contribution in [0, 0.1) is 0 Å². The topological polar surface area (TPSA) is 106 Å². The van der Waals surface area contributed by atoms with Crippen LogP contribution in [0.4, 0.5) is 5.69 Å². The Morgan fingerprint density at radius 1 is 1.20 bits per heavy atom. The van der Waals surface area contributed by atoms with E-state index < -0.39 is 23.9 Å². The van der Waals surface area contributed by atoms with Crippen LogP contribution in [0.1, 0.15) is 18.4 Å². The summed E-state index contributed by atoms with van der Waals surface area (Å²) in [4.78, 5) is 29.9. The monoisotopic (exact) mass is 408 g/mol. The largest absolute Gasteiger partial charge is 0.497 e. The van der Waals surface area contributed by atoms with Crippen molar-refractivity contribution in [2.45, 2.75) is 18.4 Å². The van der Waals surface area contributed by atoms with E-state index in [1.165, 1.54) is 0 Å². The van der Waals surface area contributed by atoms with Gasteiger partial charge >= 0.3 is 5.97 Å². The molecule has 2 aliphatic heterocycles. The molecule has 0 radical (unpaired) electrons. The average Bonchev–Trinajstić information content (AvgIpc) is 3.18. The van der Waals surface area contributed by atoms with Gasteiger partial charge in [0.1, 0.15) is 18.1 Å². The third kappa shape index (κ3) is 3.84. The van der Waals surface area contributed by atoms with E-state index in [0.717, 1.165) is 16.9 Å². The lowest BCUT2D eigenvalue weighted by atomic mass is 9.89. The van der Waals surface area contributed by atoms with E-state index in [1.54, 1.807) is 31.4 Å². The van der Waals surface area contributed by atoms with E-state index in [9.17, 15) is 14.7 Å². The number of carbonyl (C=O) groups excluding carboxylic acids is 1. The number of benzene rings is 2. The number of hydrogen-bond acceptors (Lipinski definition) is 6. The van der Waals surface area contributed by atoms with E-state index in [2.05, 4.69) is 10.5 Å². The number of ether oxygens (including phenoxy) is 2. The van der Waals surface area contributed by atoms with Gasteiger partial charge in [0, 0.05) is 23.2 Å². The molecular weight excluding hydrogens is 388 g/mol. The average molecular weight is 408 g/mol. The van der Waals surface area contributed by atoms with Gasteiger partial charge in [0.15, 0.2) is 0 Å². The quantitative estimate of drug-likeness (QED) is 0.761. The minimum absolute atomic E-state index is 0.0264. The standard InChI is InChI=1S/C22H20N2O6/c1-28-17-8-6-16(7-9-17)23-21(27)22(12-20(25)26)11-18(24-30-22)15-10-14-4-2-3-5-19(14)29-13-15/h2-10H,11-13H2,1H3,(H,23,27)(H,25,26)/t22-/m0/s1. The van der Waals surface area contributed by atoms with E-state index in [4.69, 9.17) is 14.3 Å². The summed E-state index contributed by atoms with van der Waals surface area (Å²) in [5.74, 6) is -0.336. The molecule has 2 aromatic carbocycles. The van der Waals surface area contributed by atoms with Crippen molar-refractivity contribution in [3.63, 3.8) is 0 Å². The molecule has 4 rings (SSSR count). The summed E-state index contributed by atoms with van der Waals surface area (Å²) in [6, 6.07) is 14.3. The van der Waals surface area contributed by atoms with Gasteiger partial charge in [-0.3, -0.25) is 9.59 Å². The van der Waals surface area contributed by atoms with Gasteiger partial charge in [-0.05, 0) is 36.4 Å². The lowest BCUT2D eigenvalue weighted by Gasteiger charge is -2.24. The second-order valence-electron chi connectivity index (χ2n) is 7.05. The summed E-state index contributed by atoms with van der Waals surface area (Å²) in [7, 11) is 1.54. The summed E-state index contributed by atoms with van der Waals surface area (Å²) >= 11 is 0. The second kappa shape index (κ2) is 7.90. The molecule has 0 bridgehead atoms. The first-order valence-corrected chi connectivity index (χ1v) is 9.34. The Morgan fingerprint density at radius 2 is 1.97 bits per heavy atom. The van der Waals surface area contributed by atoms with Crippen LogP contribution < -0.4 is 14.8 Å². The highest BCUT2D eigenvalue weighted by Crippen LogP contribution is 2.35. The first-order valence-electron chi connectivity index (χ1n) is 9.34. The van der Waals surface area contributed by atoms with Crippen molar-refractivity contribution < 1.29 is 29.0 Å². The van der Waals surface area contributed by atoms with Gasteiger partial charge in [-0.1, -0.05) is 23.4 Å². The SMILES string of the molecule is COc1ccc(NC(=O)[C@@]2(CC(=O)O)CC(C3=Cc4ccccc4OC3)=NO2)cc1. The predicted molar refractivity (Wildman–Crippen MR) is 110 cm³/mol. The number of nitrogens with one attached hydrogen (secondary N) is 1. The predicted octanol–water partition coefficient (Wildman–Crippen LogP) is 3.10. The van der Waals surface area contributed by atoms with Crippen LogP contribution in [-0.2, 0) is 14.4 Å². The van der Waals surface area contributed by atoms with Crippen LogP contribution in [-0.4, -0.2) is 42.0 Å². The maximum Gasteiger partial charge on any atom is 0.308 e. The zero-order valence-corrected chi connectivity index (χ0v) is 16.3. The van der Waals surface area contributed by atoms with Crippen LogP contribution >= 0.6 is 0 Å². The van der Waals surface area contributed by atoms with Crippen LogP contribution in [0.25, 0.3) is 6.08 Å². The summed E-state index contributed by atoms with van der Waals surface area (Å²) in [5.41, 5.74) is 0.990. The van der Waals surface area contributed by atoms with Gasteiger partial charge < -0.3 is 24.7 Å². The van der Waals surface area contributed by atoms with Crippen molar-refractivity contribution in [3.05, 3.63) is 59.7 Å². The summed E-state index contributed by atoms with van der Waals surface area (Å²) in [6.07, 6.45) is 1.42. The zero-order valence-electron chi connectivity index (χ0n) is 16.3. The Bertz CT molecular complexity index is 1040. The number of hydrogen-bond donors (Lipinski definition) is 2. The van der Waals surface area contributed by atoms with Crippen molar-refractivity contribution >= 4 is 29.4 Å². The van der Waals surface area contributed by atoms with Gasteiger partial charge in [0.05, 0.1) is 19.2 Å². The third-order valence-electron chi connectivity index (χ3n) is 4.98. The van der Waals surface area contributed by atoms with Gasteiger partial charge in [-0.15, -0.1) is 0 Å². The smallest absolute Gasteiger partial charge is 0.308 e. The van der Waals surface area contributed by atoms with Gasteiger partial charge in [0.2, 0.25) is 5.60 Å². The molecule has 2 aliphatic rings. The molecule has 1 atom stereocenters. The van der Waals surface area contributed by atoms with E-state index >= 15 is 0 Å². The van der Waals surface area contributed by atoms with Gasteiger partial charge in [0.25, 0.3) is 5.91 Å². The Morgan fingerprint density at radius 3 is 2.70 bits per heavy atom. The fourth-order valence-corrected chi connectivity index (χ4v) is 3.39. The van der Waals surface area contributed by atoms with Crippen molar-refractivity contribution in [2.24, 2.45) is 5.16 Å². The Balaban J connectivity index is 1.54. The van der Waals surface area contributed by atoms with E-state index in [1.807, 2.05) is 30.3 Å². The number of amides is 1. The number of carbonyl (C=O) groups is 2. The highest BCUT2D eigenvalue weighted by atomic mass is 16.7. The number of rotatable bonds is 6. The van der Waals surface area contributed by atoms with Crippen molar-refractivity contribution in [3.8, 4) is 11.5 Å². The van der Waals surface area contributed by atoms with E-state index in [0.29, 0.717) is 17.1 Å². The molecule has 2 heterocycles. The fraction of sp³-hybridized carbons (Fsp3) is 0.227. The molecule has 0 saturated carbocycles. The molecule has 0 aliphatic carbocycles. The van der Waals surface area contributed by atoms with Crippen LogP contribution in [0.15, 0.2) is 59.3 Å². The Kier molecular flexibility index (Phi) is 5.14. The molecule has 0 aromatic heterocycles. The lowest BCUT2D eigenvalue weighted by Crippen LogP contribution is -2.45. The first kappa shape index (κ1) is 19.5. The minimum Gasteiger partial charge on any atom is -0.497 e. The number of aliphatic carboxylic acids is 1. The number of para-hydroxylation sites is 1. The highest BCUT2D eigenvalue weighted by molar-refractivity contribution is 6.11. The molecule has 0 unspecified atom stereocenters. The summed E-state index contributed by atoms with van der Waals surface area (Å²) < 4.78 is 10.8. The number of anilines is 1. The lowest BCUT2D eigenvalue weighted by molar-refractivity contribution is -0.152. The maximum absolute atomic E-state index is 13.0. The number of oxime groups is 1. The summed E-state index contributed by atoms with van der Waals surface area (Å²) in [5, 5.41) is 16.1. The molecule has 0 spiro atoms. The van der Waals surface area contributed by atoms with Crippen LogP contribution in [0.2, 0.25) is 0 Å². The van der Waals surface area contributed by atoms with Crippen LogP contribution in [0.3, 0.4) is 0 Å². The number of carboxylic acids is 1. The van der Waals surface area contributed by atoms with Crippen LogP contribution in [0.5, 0.6) is 11.5 Å².